The van der Waals surface area contributed by atoms with Gasteiger partial charge < -0.3 is 5.32 Å². The van der Waals surface area contributed by atoms with Gasteiger partial charge in [-0.3, -0.25) is 30.6 Å². The smallest absolute Gasteiger partial charge is 0.269 e. The molecule has 0 spiro atoms. The summed E-state index contributed by atoms with van der Waals surface area (Å²) in [6, 6.07) is 15.7. The van der Waals surface area contributed by atoms with Crippen LogP contribution in [0, 0.1) is 0 Å². The molecule has 0 bridgehead atoms. The van der Waals surface area contributed by atoms with Crippen molar-refractivity contribution in [2.75, 3.05) is 5.32 Å². The van der Waals surface area contributed by atoms with E-state index in [4.69, 9.17) is 12.2 Å². The van der Waals surface area contributed by atoms with E-state index in [0.29, 0.717) is 17.7 Å². The summed E-state index contributed by atoms with van der Waals surface area (Å²) in [6.45, 7) is 1.75. The minimum Gasteiger partial charge on any atom is -0.326 e. The lowest BCUT2D eigenvalue weighted by Gasteiger charge is -2.10. The number of thiocarbonyl (C=S) groups is 1. The Hall–Kier alpha value is -3.52. The van der Waals surface area contributed by atoms with Gasteiger partial charge in [0, 0.05) is 23.7 Å². The molecule has 0 saturated heterocycles. The third-order valence-electron chi connectivity index (χ3n) is 3.50. The van der Waals surface area contributed by atoms with Crippen LogP contribution in [0.15, 0.2) is 60.7 Å². The van der Waals surface area contributed by atoms with Crippen LogP contribution in [0.25, 0.3) is 6.08 Å². The maximum Gasteiger partial charge on any atom is 0.269 e. The van der Waals surface area contributed by atoms with Crippen LogP contribution in [-0.4, -0.2) is 22.8 Å². The molecule has 144 valence electrons. The number of benzene rings is 2. The van der Waals surface area contributed by atoms with Crippen molar-refractivity contribution in [1.82, 2.24) is 16.2 Å². The number of amides is 3. The molecular weight excluding hydrogens is 376 g/mol. The normalized spacial score (nSPS) is 10.2. The first-order valence-electron chi connectivity index (χ1n) is 8.52. The van der Waals surface area contributed by atoms with Crippen molar-refractivity contribution in [2.45, 2.75) is 13.3 Å². The molecule has 0 radical (unpaired) electrons. The zero-order chi connectivity index (χ0) is 20.4. The number of rotatable bonds is 5. The number of anilines is 1. The average molecular weight is 396 g/mol. The molecule has 28 heavy (non-hydrogen) atoms. The Morgan fingerprint density at radius 2 is 1.64 bits per heavy atom. The fraction of sp³-hybridized carbons (Fsp3) is 0.100. The van der Waals surface area contributed by atoms with Crippen LogP contribution in [0.2, 0.25) is 0 Å². The summed E-state index contributed by atoms with van der Waals surface area (Å²) >= 11 is 4.97. The first kappa shape index (κ1) is 20.8. The Balaban J connectivity index is 1.78. The van der Waals surface area contributed by atoms with Gasteiger partial charge in [-0.15, -0.1) is 0 Å². The van der Waals surface area contributed by atoms with Crippen molar-refractivity contribution in [3.8, 4) is 0 Å². The molecule has 0 aliphatic rings. The van der Waals surface area contributed by atoms with Gasteiger partial charge in [-0.2, -0.15) is 0 Å². The Morgan fingerprint density at radius 3 is 2.29 bits per heavy atom. The number of hydrogen-bond donors (Lipinski definition) is 4. The van der Waals surface area contributed by atoms with Crippen molar-refractivity contribution >= 4 is 46.8 Å². The predicted molar refractivity (Wildman–Crippen MR) is 112 cm³/mol. The highest BCUT2D eigenvalue weighted by Gasteiger charge is 2.07. The highest BCUT2D eigenvalue weighted by molar-refractivity contribution is 7.80. The van der Waals surface area contributed by atoms with Gasteiger partial charge in [-0.1, -0.05) is 37.3 Å². The van der Waals surface area contributed by atoms with Gasteiger partial charge in [0.2, 0.25) is 11.8 Å². The fourth-order valence-electron chi connectivity index (χ4n) is 2.06. The maximum atomic E-state index is 12.1. The summed E-state index contributed by atoms with van der Waals surface area (Å²) in [6.07, 6.45) is 3.36. The van der Waals surface area contributed by atoms with E-state index >= 15 is 0 Å². The molecule has 0 aliphatic heterocycles. The van der Waals surface area contributed by atoms with Crippen LogP contribution in [0.4, 0.5) is 5.69 Å². The van der Waals surface area contributed by atoms with Gasteiger partial charge in [0.25, 0.3) is 5.91 Å². The quantitative estimate of drug-likeness (QED) is 0.353. The van der Waals surface area contributed by atoms with Gasteiger partial charge in [-0.25, -0.2) is 0 Å². The van der Waals surface area contributed by atoms with Crippen molar-refractivity contribution < 1.29 is 14.4 Å². The average Bonchev–Trinajstić information content (AvgIpc) is 2.71. The molecule has 2 rings (SSSR count). The van der Waals surface area contributed by atoms with Crippen LogP contribution in [0.3, 0.4) is 0 Å². The van der Waals surface area contributed by atoms with Crippen molar-refractivity contribution in [3.63, 3.8) is 0 Å². The Kier molecular flexibility index (Phi) is 7.86. The van der Waals surface area contributed by atoms with Crippen LogP contribution < -0.4 is 21.5 Å². The summed E-state index contributed by atoms with van der Waals surface area (Å²) in [7, 11) is 0. The molecule has 0 atom stereocenters. The van der Waals surface area contributed by atoms with Crippen LogP contribution in [-0.2, 0) is 9.59 Å². The zero-order valence-electron chi connectivity index (χ0n) is 15.2. The molecule has 0 aliphatic carbocycles. The highest BCUT2D eigenvalue weighted by Crippen LogP contribution is 2.09. The van der Waals surface area contributed by atoms with Crippen LogP contribution >= 0.6 is 12.2 Å². The lowest BCUT2D eigenvalue weighted by Crippen LogP contribution is -2.48. The Morgan fingerprint density at radius 1 is 0.964 bits per heavy atom. The molecule has 3 amide bonds. The largest absolute Gasteiger partial charge is 0.326 e. The second-order valence-corrected chi connectivity index (χ2v) is 6.03. The predicted octanol–water partition coefficient (Wildman–Crippen LogP) is 2.38. The standard InChI is InChI=1S/C20H20N4O3S/c1-2-17(25)21-16-11-9-15(10-12-16)19(27)23-24-20(28)22-18(26)13-8-14-6-4-3-5-7-14/h3-13H,2H2,1H3,(H,21,25)(H,23,27)(H2,22,24,26,28)/b13-8+. The summed E-state index contributed by atoms with van der Waals surface area (Å²) in [5.74, 6) is -0.974. The monoisotopic (exact) mass is 396 g/mol. The molecular formula is C20H20N4O3S. The van der Waals surface area contributed by atoms with Gasteiger partial charge in [0.1, 0.15) is 0 Å². The molecule has 0 aromatic heterocycles. The molecule has 0 fully saturated rings. The van der Waals surface area contributed by atoms with Gasteiger partial charge in [0.05, 0.1) is 0 Å². The van der Waals surface area contributed by atoms with Gasteiger partial charge >= 0.3 is 0 Å². The second kappa shape index (κ2) is 10.6. The molecule has 0 heterocycles. The Labute approximate surface area is 168 Å². The third-order valence-corrected chi connectivity index (χ3v) is 3.71. The van der Waals surface area contributed by atoms with Crippen LogP contribution in [0.1, 0.15) is 29.3 Å². The molecule has 0 saturated carbocycles. The second-order valence-electron chi connectivity index (χ2n) is 5.62. The van der Waals surface area contributed by atoms with E-state index in [1.807, 2.05) is 30.3 Å². The van der Waals surface area contributed by atoms with Crippen molar-refractivity contribution in [2.24, 2.45) is 0 Å². The van der Waals surface area contributed by atoms with Gasteiger partial charge in [-0.05, 0) is 48.1 Å². The SMILES string of the molecule is CCC(=O)Nc1ccc(C(=O)NNC(=S)NC(=O)/C=C/c2ccccc2)cc1. The summed E-state index contributed by atoms with van der Waals surface area (Å²) in [5, 5.41) is 5.08. The lowest BCUT2D eigenvalue weighted by molar-refractivity contribution is -0.116. The molecule has 0 unspecified atom stereocenters. The van der Waals surface area contributed by atoms with Gasteiger partial charge in [0.15, 0.2) is 5.11 Å². The van der Waals surface area contributed by atoms with Crippen molar-refractivity contribution in [1.29, 1.82) is 0 Å². The zero-order valence-corrected chi connectivity index (χ0v) is 16.0. The van der Waals surface area contributed by atoms with E-state index in [1.54, 1.807) is 37.3 Å². The van der Waals surface area contributed by atoms with E-state index in [9.17, 15) is 14.4 Å². The first-order valence-corrected chi connectivity index (χ1v) is 8.93. The van der Waals surface area contributed by atoms with E-state index in [2.05, 4.69) is 21.5 Å². The van der Waals surface area contributed by atoms with E-state index in [1.165, 1.54) is 6.08 Å². The lowest BCUT2D eigenvalue weighted by atomic mass is 10.2. The third kappa shape index (κ3) is 7.00. The molecule has 4 N–H and O–H groups in total. The maximum absolute atomic E-state index is 12.1. The minimum absolute atomic E-state index is 0.0390. The molecule has 8 heteroatoms. The van der Waals surface area contributed by atoms with E-state index in [0.717, 1.165) is 5.56 Å². The number of hydrazine groups is 1. The first-order chi connectivity index (χ1) is 13.5. The number of nitrogens with one attached hydrogen (secondary N) is 4. The minimum atomic E-state index is -0.440. The van der Waals surface area contributed by atoms with E-state index in [-0.39, 0.29) is 11.0 Å². The summed E-state index contributed by atoms with van der Waals surface area (Å²) < 4.78 is 0. The van der Waals surface area contributed by atoms with E-state index < -0.39 is 11.8 Å². The summed E-state index contributed by atoms with van der Waals surface area (Å²) in [4.78, 5) is 35.2. The topological polar surface area (TPSA) is 99.3 Å². The fourth-order valence-corrected chi connectivity index (χ4v) is 2.21. The van der Waals surface area contributed by atoms with Crippen molar-refractivity contribution in [3.05, 3.63) is 71.8 Å². The summed E-state index contributed by atoms with van der Waals surface area (Å²) in [5.41, 5.74) is 6.70. The number of hydrogen-bond acceptors (Lipinski definition) is 4. The number of carbonyl (C=O) groups is 3. The highest BCUT2D eigenvalue weighted by atomic mass is 32.1. The Bertz CT molecular complexity index is 880. The van der Waals surface area contributed by atoms with Crippen LogP contribution in [0.5, 0.6) is 0 Å². The molecule has 2 aromatic rings. The molecule has 7 nitrogen and oxygen atoms in total. The molecule has 2 aromatic carbocycles. The number of carbonyl (C=O) groups excluding carboxylic acids is 3.